The summed E-state index contributed by atoms with van der Waals surface area (Å²) in [5.41, 5.74) is 17.2. The lowest BCUT2D eigenvalue weighted by molar-refractivity contribution is 0.794. The molecule has 0 saturated carbocycles. The molecule has 2 aliphatic rings. The number of hydrogen-bond acceptors (Lipinski definition) is 3. The maximum Gasteiger partial charge on any atom is 0.187 e. The van der Waals surface area contributed by atoms with E-state index < -0.39 is 5.41 Å². The minimum atomic E-state index is -0.483. The molecule has 1 aromatic heterocycles. The highest BCUT2D eigenvalue weighted by Gasteiger charge is 2.52. The number of hydrogen-bond donors (Lipinski definition) is 0. The van der Waals surface area contributed by atoms with Crippen molar-refractivity contribution in [3.8, 4) is 78.7 Å². The molecule has 0 unspecified atom stereocenters. The molecule has 0 N–H and O–H groups in total. The van der Waals surface area contributed by atoms with Gasteiger partial charge in [-0.2, -0.15) is 0 Å². The molecule has 264 valence electrons. The van der Waals surface area contributed by atoms with Gasteiger partial charge in [0.1, 0.15) is 0 Å². The largest absolute Gasteiger partial charge is 0.238 e. The van der Waals surface area contributed by atoms with Gasteiger partial charge >= 0.3 is 0 Å². The van der Waals surface area contributed by atoms with Crippen LogP contribution in [0.15, 0.2) is 194 Å². The first-order valence-corrected chi connectivity index (χ1v) is 19.1. The zero-order chi connectivity index (χ0) is 37.9. The molecule has 0 fully saturated rings. The molecule has 4 nitrogen and oxygen atoms in total. The van der Waals surface area contributed by atoms with E-state index in [4.69, 9.17) is 21.5 Å². The number of nitrogens with zero attached hydrogens (tertiary/aromatic N) is 4. The Balaban J connectivity index is 1.04. The van der Waals surface area contributed by atoms with Crippen LogP contribution in [0.25, 0.3) is 83.5 Å². The van der Waals surface area contributed by atoms with E-state index in [1.54, 1.807) is 0 Å². The SMILES string of the molecule is [C-]#[N+]c1ccc2c(c1)-c1c(-c3ccc(-c4nc(-c5ccccc5)nc(-c5ccc(-c6ccccc6)cc5)n4)cc3)cccc1C21c2ccccc2-c2ccccc21. The van der Waals surface area contributed by atoms with E-state index in [1.165, 1.54) is 38.9 Å². The van der Waals surface area contributed by atoms with Crippen molar-refractivity contribution in [1.29, 1.82) is 0 Å². The molecule has 4 heteroatoms. The quantitative estimate of drug-likeness (QED) is 0.166. The van der Waals surface area contributed by atoms with Crippen molar-refractivity contribution in [2.45, 2.75) is 5.41 Å². The lowest BCUT2D eigenvalue weighted by Crippen LogP contribution is -2.25. The molecule has 1 spiro atoms. The van der Waals surface area contributed by atoms with Gasteiger partial charge in [0.25, 0.3) is 0 Å². The minimum Gasteiger partial charge on any atom is -0.238 e. The van der Waals surface area contributed by atoms with Crippen LogP contribution in [0.5, 0.6) is 0 Å². The van der Waals surface area contributed by atoms with Crippen LogP contribution in [0.4, 0.5) is 5.69 Å². The predicted molar refractivity (Wildman–Crippen MR) is 230 cm³/mol. The van der Waals surface area contributed by atoms with Crippen molar-refractivity contribution in [3.63, 3.8) is 0 Å². The Labute approximate surface area is 331 Å². The van der Waals surface area contributed by atoms with Crippen LogP contribution >= 0.6 is 0 Å². The van der Waals surface area contributed by atoms with Crippen LogP contribution in [0, 0.1) is 6.57 Å². The van der Waals surface area contributed by atoms with Crippen LogP contribution < -0.4 is 0 Å². The fourth-order valence-corrected chi connectivity index (χ4v) is 9.08. The normalized spacial score (nSPS) is 12.7. The molecule has 57 heavy (non-hydrogen) atoms. The van der Waals surface area contributed by atoms with Crippen molar-refractivity contribution >= 4 is 5.69 Å². The molecule has 1 heterocycles. The highest BCUT2D eigenvalue weighted by molar-refractivity contribution is 6.00. The van der Waals surface area contributed by atoms with Crippen molar-refractivity contribution in [2.75, 3.05) is 0 Å². The van der Waals surface area contributed by atoms with Crippen LogP contribution in [-0.2, 0) is 5.41 Å². The van der Waals surface area contributed by atoms with E-state index in [0.717, 1.165) is 44.5 Å². The Morgan fingerprint density at radius 3 is 1.33 bits per heavy atom. The highest BCUT2D eigenvalue weighted by atomic mass is 15.0. The number of rotatable bonds is 5. The van der Waals surface area contributed by atoms with Gasteiger partial charge in [-0.15, -0.1) is 0 Å². The topological polar surface area (TPSA) is 43.0 Å². The standard InChI is InChI=1S/C53H32N4/c1-54-40-31-32-47-44(33-40)49-41(19-12-22-48(49)53(47)45-20-10-8-17-42(45)43-18-9-11-21-46(43)53)36-25-29-39(30-26-36)52-56-50(37-15-6-3-7-16-37)55-51(57-52)38-27-23-35(24-28-38)34-13-4-2-5-14-34/h2-33H. The fraction of sp³-hybridized carbons (Fsp3) is 0.0189. The fourth-order valence-electron chi connectivity index (χ4n) is 9.08. The van der Waals surface area contributed by atoms with E-state index in [-0.39, 0.29) is 0 Å². The van der Waals surface area contributed by atoms with E-state index in [0.29, 0.717) is 23.2 Å². The second kappa shape index (κ2) is 12.9. The van der Waals surface area contributed by atoms with Gasteiger partial charge in [0.2, 0.25) is 0 Å². The van der Waals surface area contributed by atoms with E-state index >= 15 is 0 Å². The predicted octanol–water partition coefficient (Wildman–Crippen LogP) is 13.1. The Bertz CT molecular complexity index is 3010. The molecule has 0 amide bonds. The third-order valence-electron chi connectivity index (χ3n) is 11.6. The van der Waals surface area contributed by atoms with Crippen molar-refractivity contribution < 1.29 is 0 Å². The second-order valence-electron chi connectivity index (χ2n) is 14.6. The monoisotopic (exact) mass is 724 g/mol. The summed E-state index contributed by atoms with van der Waals surface area (Å²) in [6, 6.07) is 68.0. The summed E-state index contributed by atoms with van der Waals surface area (Å²) in [7, 11) is 0. The van der Waals surface area contributed by atoms with Gasteiger partial charge in [-0.1, -0.05) is 188 Å². The average Bonchev–Trinajstić information content (AvgIpc) is 3.76. The summed E-state index contributed by atoms with van der Waals surface area (Å²) in [6.07, 6.45) is 0. The van der Waals surface area contributed by atoms with Gasteiger partial charge in [-0.25, -0.2) is 19.8 Å². The maximum atomic E-state index is 7.94. The second-order valence-corrected chi connectivity index (χ2v) is 14.6. The summed E-state index contributed by atoms with van der Waals surface area (Å²) in [6.45, 7) is 7.94. The number of benzene rings is 8. The molecule has 0 aliphatic heterocycles. The van der Waals surface area contributed by atoms with Crippen molar-refractivity contribution in [2.24, 2.45) is 0 Å². The van der Waals surface area contributed by atoms with Crippen LogP contribution in [0.1, 0.15) is 22.3 Å². The van der Waals surface area contributed by atoms with Crippen LogP contribution in [-0.4, -0.2) is 15.0 Å². The molecular weight excluding hydrogens is 693 g/mol. The van der Waals surface area contributed by atoms with Gasteiger partial charge in [0, 0.05) is 16.7 Å². The zero-order valence-electron chi connectivity index (χ0n) is 30.8. The molecule has 8 aromatic carbocycles. The molecule has 11 rings (SSSR count). The first-order valence-electron chi connectivity index (χ1n) is 19.1. The molecule has 0 saturated heterocycles. The Hall–Kier alpha value is -7.74. The maximum absolute atomic E-state index is 7.94. The van der Waals surface area contributed by atoms with Crippen molar-refractivity contribution in [1.82, 2.24) is 15.0 Å². The number of aromatic nitrogens is 3. The minimum absolute atomic E-state index is 0.483. The van der Waals surface area contributed by atoms with Crippen molar-refractivity contribution in [3.05, 3.63) is 228 Å². The van der Waals surface area contributed by atoms with E-state index in [9.17, 15) is 0 Å². The average molecular weight is 725 g/mol. The molecule has 0 bridgehead atoms. The Kier molecular flexibility index (Phi) is 7.42. The van der Waals surface area contributed by atoms with Crippen LogP contribution in [0.2, 0.25) is 0 Å². The summed E-state index contributed by atoms with van der Waals surface area (Å²) in [4.78, 5) is 18.9. The van der Waals surface area contributed by atoms with Gasteiger partial charge < -0.3 is 0 Å². The van der Waals surface area contributed by atoms with Crippen LogP contribution in [0.3, 0.4) is 0 Å². The van der Waals surface area contributed by atoms with E-state index in [1.807, 2.05) is 42.5 Å². The Morgan fingerprint density at radius 1 is 0.333 bits per heavy atom. The lowest BCUT2D eigenvalue weighted by Gasteiger charge is -2.30. The zero-order valence-corrected chi connectivity index (χ0v) is 30.8. The summed E-state index contributed by atoms with van der Waals surface area (Å²) in [5.74, 6) is 1.86. The van der Waals surface area contributed by atoms with Gasteiger partial charge in [-0.3, -0.25) is 0 Å². The molecule has 2 aliphatic carbocycles. The third kappa shape index (κ3) is 5.03. The number of fused-ring (bicyclic) bond motifs is 10. The lowest BCUT2D eigenvalue weighted by atomic mass is 9.70. The first kappa shape index (κ1) is 32.7. The van der Waals surface area contributed by atoms with Gasteiger partial charge in [0.05, 0.1) is 12.0 Å². The van der Waals surface area contributed by atoms with Gasteiger partial charge in [-0.05, 0) is 72.8 Å². The summed E-state index contributed by atoms with van der Waals surface area (Å²) >= 11 is 0. The molecule has 0 atom stereocenters. The third-order valence-corrected chi connectivity index (χ3v) is 11.6. The molecular formula is C53H32N4. The van der Waals surface area contributed by atoms with Gasteiger partial charge in [0.15, 0.2) is 23.2 Å². The molecule has 9 aromatic rings. The summed E-state index contributed by atoms with van der Waals surface area (Å²) in [5, 5.41) is 0. The first-order chi connectivity index (χ1) is 28.2. The van der Waals surface area contributed by atoms with E-state index in [2.05, 4.69) is 157 Å². The summed E-state index contributed by atoms with van der Waals surface area (Å²) < 4.78 is 0. The highest BCUT2D eigenvalue weighted by Crippen LogP contribution is 2.64. The molecule has 0 radical (unpaired) electrons. The smallest absolute Gasteiger partial charge is 0.187 e. The Morgan fingerprint density at radius 2 is 0.754 bits per heavy atom.